The normalized spacial score (nSPS) is 22.0. The van der Waals surface area contributed by atoms with Crippen LogP contribution in [-0.2, 0) is 24.4 Å². The number of nitrogens with one attached hydrogen (secondary N) is 1. The molecule has 2 N–H and O–H groups in total. The van der Waals surface area contributed by atoms with Gasteiger partial charge in [0.25, 0.3) is 0 Å². The van der Waals surface area contributed by atoms with Crippen molar-refractivity contribution in [3.8, 4) is 0 Å². The quantitative estimate of drug-likeness (QED) is 0.558. The van der Waals surface area contributed by atoms with Crippen molar-refractivity contribution in [2.24, 2.45) is 5.92 Å². The minimum atomic E-state index is -5.66. The van der Waals surface area contributed by atoms with Gasteiger partial charge < -0.3 is 10.1 Å². The number of hydrogen-bond acceptors (Lipinski definition) is 5. The average Bonchev–Trinajstić information content (AvgIpc) is 2.30. The Hall–Kier alpha value is -1.29. The largest absolute Gasteiger partial charge is 0.455 e. The predicted octanol–water partition coefficient (Wildman–Crippen LogP) is 0.315. The van der Waals surface area contributed by atoms with Gasteiger partial charge in [-0.05, 0) is 19.3 Å². The number of carbonyl (C=O) groups excluding carboxylic acids is 2. The molecule has 0 aromatic rings. The van der Waals surface area contributed by atoms with Crippen LogP contribution < -0.4 is 5.32 Å². The Morgan fingerprint density at radius 2 is 2.20 bits per heavy atom. The molecule has 10 heteroatoms. The van der Waals surface area contributed by atoms with E-state index in [1.807, 2.05) is 0 Å². The van der Waals surface area contributed by atoms with Crippen LogP contribution in [0.25, 0.3) is 0 Å². The van der Waals surface area contributed by atoms with Crippen molar-refractivity contribution < 1.29 is 36.1 Å². The van der Waals surface area contributed by atoms with Gasteiger partial charge in [0.2, 0.25) is 5.91 Å². The van der Waals surface area contributed by atoms with Gasteiger partial charge in [0.05, 0.1) is 6.42 Å². The Bertz CT molecular complexity index is 482. The molecule has 1 rings (SSSR count). The maximum Gasteiger partial charge on any atom is 0.405 e. The van der Waals surface area contributed by atoms with E-state index >= 15 is 0 Å². The molecule has 1 amide bonds. The summed E-state index contributed by atoms with van der Waals surface area (Å²) in [6.45, 7) is 0.908. The first kappa shape index (κ1) is 16.8. The fraction of sp³-hybridized carbons (Fsp3) is 0.800. The Labute approximate surface area is 114 Å². The maximum atomic E-state index is 13.1. The molecule has 0 aromatic carbocycles. The zero-order chi connectivity index (χ0) is 15.6. The van der Waals surface area contributed by atoms with Gasteiger partial charge in [0.15, 0.2) is 6.10 Å². The summed E-state index contributed by atoms with van der Waals surface area (Å²) in [6.07, 6.45) is -1.87. The lowest BCUT2D eigenvalue weighted by Crippen LogP contribution is -2.42. The zero-order valence-corrected chi connectivity index (χ0v) is 11.5. The van der Waals surface area contributed by atoms with Crippen molar-refractivity contribution in [2.45, 2.75) is 37.5 Å². The van der Waals surface area contributed by atoms with E-state index in [4.69, 9.17) is 4.55 Å². The summed E-state index contributed by atoms with van der Waals surface area (Å²) in [5.41, 5.74) is 0. The van der Waals surface area contributed by atoms with Crippen LogP contribution >= 0.6 is 0 Å². The summed E-state index contributed by atoms with van der Waals surface area (Å²) in [4.78, 5) is 22.3. The van der Waals surface area contributed by atoms with Crippen LogP contribution in [0.1, 0.15) is 26.2 Å². The van der Waals surface area contributed by atoms with E-state index in [1.165, 1.54) is 0 Å². The van der Waals surface area contributed by atoms with Crippen LogP contribution in [0.5, 0.6) is 0 Å². The number of esters is 1. The minimum absolute atomic E-state index is 0.152. The molecule has 1 aliphatic rings. The number of ether oxygens (including phenoxy) is 1. The molecule has 0 aromatic heterocycles. The van der Waals surface area contributed by atoms with Crippen LogP contribution in [-0.4, -0.2) is 42.8 Å². The number of amides is 1. The van der Waals surface area contributed by atoms with Gasteiger partial charge in [-0.1, -0.05) is 0 Å². The predicted molar refractivity (Wildman–Crippen MR) is 62.4 cm³/mol. The summed E-state index contributed by atoms with van der Waals surface area (Å²) in [5.74, 6) is -1.41. The molecular weight excluding hydrogens is 300 g/mol. The third-order valence-corrected chi connectivity index (χ3v) is 3.97. The molecule has 0 aliphatic carbocycles. The van der Waals surface area contributed by atoms with Gasteiger partial charge in [-0.25, -0.2) is 0 Å². The number of rotatable bonds is 5. The molecule has 0 spiro atoms. The molecule has 1 fully saturated rings. The molecule has 0 saturated carbocycles. The highest BCUT2D eigenvalue weighted by Crippen LogP contribution is 2.27. The van der Waals surface area contributed by atoms with Crippen molar-refractivity contribution in [1.82, 2.24) is 5.32 Å². The smallest absolute Gasteiger partial charge is 0.405 e. The van der Waals surface area contributed by atoms with Gasteiger partial charge >= 0.3 is 21.3 Å². The van der Waals surface area contributed by atoms with Crippen molar-refractivity contribution in [2.75, 3.05) is 6.54 Å². The van der Waals surface area contributed by atoms with E-state index in [-0.39, 0.29) is 31.2 Å². The number of piperidine rings is 1. The Balaban J connectivity index is 2.52. The molecule has 2 unspecified atom stereocenters. The molecule has 116 valence electrons. The van der Waals surface area contributed by atoms with E-state index in [9.17, 15) is 26.8 Å². The van der Waals surface area contributed by atoms with Gasteiger partial charge in [-0.15, -0.1) is 0 Å². The lowest BCUT2D eigenvalue weighted by molar-refractivity contribution is -0.161. The van der Waals surface area contributed by atoms with Crippen LogP contribution in [0.4, 0.5) is 8.78 Å². The summed E-state index contributed by atoms with van der Waals surface area (Å²) in [6, 6.07) is 0. The number of halogens is 2. The zero-order valence-electron chi connectivity index (χ0n) is 10.6. The van der Waals surface area contributed by atoms with Gasteiger partial charge in [-0.2, -0.15) is 17.2 Å². The van der Waals surface area contributed by atoms with E-state index in [0.717, 1.165) is 0 Å². The van der Waals surface area contributed by atoms with Crippen LogP contribution in [0.3, 0.4) is 0 Å². The van der Waals surface area contributed by atoms with Crippen LogP contribution in [0.15, 0.2) is 0 Å². The van der Waals surface area contributed by atoms with E-state index in [0.29, 0.717) is 13.3 Å². The number of carbonyl (C=O) groups is 2. The first-order valence-corrected chi connectivity index (χ1v) is 7.29. The highest BCUT2D eigenvalue weighted by atomic mass is 32.2. The second kappa shape index (κ2) is 6.00. The fourth-order valence-corrected chi connectivity index (χ4v) is 2.18. The van der Waals surface area contributed by atoms with E-state index in [1.54, 1.807) is 0 Å². The van der Waals surface area contributed by atoms with E-state index in [2.05, 4.69) is 10.1 Å². The monoisotopic (exact) mass is 315 g/mol. The Kier molecular flexibility index (Phi) is 5.03. The van der Waals surface area contributed by atoms with Crippen molar-refractivity contribution in [3.05, 3.63) is 0 Å². The molecule has 7 nitrogen and oxygen atoms in total. The average molecular weight is 315 g/mol. The minimum Gasteiger partial charge on any atom is -0.455 e. The summed E-state index contributed by atoms with van der Waals surface area (Å²) >= 11 is 0. The van der Waals surface area contributed by atoms with Gasteiger partial charge in [0.1, 0.15) is 0 Å². The molecule has 1 saturated heterocycles. The third kappa shape index (κ3) is 4.10. The Morgan fingerprint density at radius 3 is 2.65 bits per heavy atom. The lowest BCUT2D eigenvalue weighted by atomic mass is 9.96. The van der Waals surface area contributed by atoms with Crippen LogP contribution in [0, 0.1) is 5.92 Å². The van der Waals surface area contributed by atoms with Gasteiger partial charge in [-0.3, -0.25) is 14.1 Å². The topological polar surface area (TPSA) is 110 Å². The first-order chi connectivity index (χ1) is 9.04. The second-order valence-corrected chi connectivity index (χ2v) is 6.08. The lowest BCUT2D eigenvalue weighted by Gasteiger charge is -2.24. The molecule has 0 radical (unpaired) electrons. The number of alkyl halides is 2. The third-order valence-electron chi connectivity index (χ3n) is 2.95. The van der Waals surface area contributed by atoms with Crippen molar-refractivity contribution >= 4 is 22.0 Å². The molecule has 20 heavy (non-hydrogen) atoms. The molecular formula is C10H15F2NO6S. The second-order valence-electron chi connectivity index (χ2n) is 4.58. The summed E-state index contributed by atoms with van der Waals surface area (Å²) < 4.78 is 59.9. The highest BCUT2D eigenvalue weighted by molar-refractivity contribution is 7.86. The molecule has 1 heterocycles. The van der Waals surface area contributed by atoms with Crippen molar-refractivity contribution in [3.63, 3.8) is 0 Å². The summed E-state index contributed by atoms with van der Waals surface area (Å²) in [5, 5.41) is -2.05. The molecule has 0 bridgehead atoms. The standard InChI is InChI=1S/C10H15F2NO6S/c1-6(10(11,12)20(16,17)18)19-9(15)4-7-2-3-8(14)13-5-7/h6-7H,2-5H2,1H3,(H,13,14)(H,16,17,18). The Morgan fingerprint density at radius 1 is 1.60 bits per heavy atom. The van der Waals surface area contributed by atoms with Gasteiger partial charge in [0, 0.05) is 13.0 Å². The molecule has 2 atom stereocenters. The van der Waals surface area contributed by atoms with Crippen LogP contribution in [0.2, 0.25) is 0 Å². The SMILES string of the molecule is CC(OC(=O)CC1CCC(=O)NC1)C(F)(F)S(=O)(=O)O. The first-order valence-electron chi connectivity index (χ1n) is 5.85. The highest BCUT2D eigenvalue weighted by Gasteiger charge is 2.52. The van der Waals surface area contributed by atoms with Crippen molar-refractivity contribution in [1.29, 1.82) is 0 Å². The number of hydrogen-bond donors (Lipinski definition) is 2. The van der Waals surface area contributed by atoms with E-state index < -0.39 is 27.4 Å². The summed E-state index contributed by atoms with van der Waals surface area (Å²) in [7, 11) is -5.66. The maximum absolute atomic E-state index is 13.1. The fourth-order valence-electron chi connectivity index (χ4n) is 1.72. The molecule has 1 aliphatic heterocycles.